The molecule has 2 rings (SSSR count). The summed E-state index contributed by atoms with van der Waals surface area (Å²) in [6, 6.07) is 6.39. The Hall–Kier alpha value is -2.02. The maximum atomic E-state index is 12.4. The summed E-state index contributed by atoms with van der Waals surface area (Å²) in [5, 5.41) is 4.90. The number of anilines is 2. The number of halogens is 2. The third kappa shape index (κ3) is 3.51. The molecule has 0 aliphatic heterocycles. The van der Waals surface area contributed by atoms with E-state index in [4.69, 9.17) is 10.5 Å². The lowest BCUT2D eigenvalue weighted by molar-refractivity contribution is -0.0493. The monoisotopic (exact) mass is 300 g/mol. The SMILES string of the molecule is COc1ccc(OC(F)F)c(NCc2sccc2N)c1. The fourth-order valence-electron chi connectivity index (χ4n) is 1.64. The second kappa shape index (κ2) is 6.42. The van der Waals surface area contributed by atoms with Gasteiger partial charge in [-0.2, -0.15) is 8.78 Å². The fraction of sp³-hybridized carbons (Fsp3) is 0.231. The molecule has 108 valence electrons. The van der Waals surface area contributed by atoms with E-state index in [1.54, 1.807) is 18.2 Å². The summed E-state index contributed by atoms with van der Waals surface area (Å²) in [6.45, 7) is -2.45. The van der Waals surface area contributed by atoms with Crippen molar-refractivity contribution in [2.45, 2.75) is 13.2 Å². The molecule has 4 nitrogen and oxygen atoms in total. The number of thiophene rings is 1. The van der Waals surface area contributed by atoms with Crippen LogP contribution in [0, 0.1) is 0 Å². The highest BCUT2D eigenvalue weighted by Gasteiger charge is 2.11. The first kappa shape index (κ1) is 14.4. The molecule has 3 N–H and O–H groups in total. The Labute approximate surface area is 119 Å². The van der Waals surface area contributed by atoms with Crippen molar-refractivity contribution in [1.29, 1.82) is 0 Å². The molecule has 0 atom stereocenters. The average molecular weight is 300 g/mol. The lowest BCUT2D eigenvalue weighted by Crippen LogP contribution is -2.07. The van der Waals surface area contributed by atoms with Gasteiger partial charge in [0.25, 0.3) is 0 Å². The first-order valence-corrected chi connectivity index (χ1v) is 6.66. The van der Waals surface area contributed by atoms with Crippen LogP contribution in [0.3, 0.4) is 0 Å². The predicted octanol–water partition coefficient (Wildman–Crippen LogP) is 3.55. The standard InChI is InChI=1S/C13H14F2N2O2S/c1-18-8-2-3-11(19-13(14)15)10(6-8)17-7-12-9(16)4-5-20-12/h2-6,13,17H,7,16H2,1H3. The van der Waals surface area contributed by atoms with E-state index < -0.39 is 6.61 Å². The Bertz CT molecular complexity index is 575. The molecule has 0 bridgehead atoms. The molecule has 0 radical (unpaired) electrons. The van der Waals surface area contributed by atoms with Gasteiger partial charge >= 0.3 is 6.61 Å². The second-order valence-electron chi connectivity index (χ2n) is 3.89. The fourth-order valence-corrected chi connectivity index (χ4v) is 2.38. The molecule has 1 heterocycles. The Morgan fingerprint density at radius 1 is 1.35 bits per heavy atom. The molecule has 0 aliphatic carbocycles. The zero-order chi connectivity index (χ0) is 14.5. The van der Waals surface area contributed by atoms with E-state index in [-0.39, 0.29) is 5.75 Å². The van der Waals surface area contributed by atoms with Gasteiger partial charge in [0.2, 0.25) is 0 Å². The van der Waals surface area contributed by atoms with Crippen molar-refractivity contribution in [3.05, 3.63) is 34.5 Å². The van der Waals surface area contributed by atoms with Gasteiger partial charge in [-0.25, -0.2) is 0 Å². The third-order valence-corrected chi connectivity index (χ3v) is 3.56. The van der Waals surface area contributed by atoms with Gasteiger partial charge in [0, 0.05) is 16.6 Å². The molecule has 0 amide bonds. The van der Waals surface area contributed by atoms with Crippen LogP contribution in [0.15, 0.2) is 29.6 Å². The summed E-state index contributed by atoms with van der Waals surface area (Å²) in [7, 11) is 1.50. The zero-order valence-corrected chi connectivity index (χ0v) is 11.5. The molecule has 0 aliphatic rings. The van der Waals surface area contributed by atoms with Crippen LogP contribution in [0.25, 0.3) is 0 Å². The topological polar surface area (TPSA) is 56.5 Å². The van der Waals surface area contributed by atoms with Crippen LogP contribution >= 0.6 is 11.3 Å². The number of nitrogens with one attached hydrogen (secondary N) is 1. The van der Waals surface area contributed by atoms with E-state index in [1.165, 1.54) is 24.5 Å². The van der Waals surface area contributed by atoms with Crippen molar-refractivity contribution in [1.82, 2.24) is 0 Å². The van der Waals surface area contributed by atoms with Crippen molar-refractivity contribution < 1.29 is 18.3 Å². The van der Waals surface area contributed by atoms with Gasteiger partial charge in [-0.05, 0) is 23.6 Å². The van der Waals surface area contributed by atoms with Crippen molar-refractivity contribution in [3.63, 3.8) is 0 Å². The summed E-state index contributed by atoms with van der Waals surface area (Å²) >= 11 is 1.49. The van der Waals surface area contributed by atoms with Crippen LogP contribution in [0.2, 0.25) is 0 Å². The second-order valence-corrected chi connectivity index (χ2v) is 4.89. The van der Waals surface area contributed by atoms with Crippen LogP contribution < -0.4 is 20.5 Å². The molecule has 1 aromatic heterocycles. The normalized spacial score (nSPS) is 10.6. The maximum absolute atomic E-state index is 12.4. The van der Waals surface area contributed by atoms with Gasteiger partial charge in [0.1, 0.15) is 11.5 Å². The highest BCUT2D eigenvalue weighted by atomic mass is 32.1. The number of hydrogen-bond acceptors (Lipinski definition) is 5. The number of nitrogen functional groups attached to an aromatic ring is 1. The van der Waals surface area contributed by atoms with Gasteiger partial charge in [0.15, 0.2) is 0 Å². The number of nitrogens with two attached hydrogens (primary N) is 1. The number of alkyl halides is 2. The minimum absolute atomic E-state index is 0.0657. The number of ether oxygens (including phenoxy) is 2. The Balaban J connectivity index is 2.17. The molecule has 1 aromatic carbocycles. The molecular formula is C13H14F2N2O2S. The summed E-state index contributed by atoms with van der Waals surface area (Å²) in [4.78, 5) is 0.927. The first-order chi connectivity index (χ1) is 9.60. The zero-order valence-electron chi connectivity index (χ0n) is 10.7. The van der Waals surface area contributed by atoms with Crippen LogP contribution in [0.5, 0.6) is 11.5 Å². The van der Waals surface area contributed by atoms with Crippen molar-refractivity contribution in [2.24, 2.45) is 0 Å². The molecule has 2 aromatic rings. The Morgan fingerprint density at radius 3 is 2.75 bits per heavy atom. The summed E-state index contributed by atoms with van der Waals surface area (Å²) in [5.41, 5.74) is 6.87. The van der Waals surface area contributed by atoms with Gasteiger partial charge in [-0.15, -0.1) is 11.3 Å². The van der Waals surface area contributed by atoms with Crippen molar-refractivity contribution in [2.75, 3.05) is 18.2 Å². The highest BCUT2D eigenvalue weighted by molar-refractivity contribution is 7.10. The van der Waals surface area contributed by atoms with Gasteiger partial charge < -0.3 is 20.5 Å². The maximum Gasteiger partial charge on any atom is 0.387 e. The van der Waals surface area contributed by atoms with E-state index in [1.807, 2.05) is 5.38 Å². The van der Waals surface area contributed by atoms with E-state index >= 15 is 0 Å². The van der Waals surface area contributed by atoms with Gasteiger partial charge in [-0.3, -0.25) is 0 Å². The Morgan fingerprint density at radius 2 is 2.15 bits per heavy atom. The lowest BCUT2D eigenvalue weighted by atomic mass is 10.2. The lowest BCUT2D eigenvalue weighted by Gasteiger charge is -2.13. The van der Waals surface area contributed by atoms with Crippen LogP contribution in [0.4, 0.5) is 20.2 Å². The minimum atomic E-state index is -2.88. The van der Waals surface area contributed by atoms with Crippen LogP contribution in [-0.4, -0.2) is 13.7 Å². The molecule has 0 spiro atoms. The average Bonchev–Trinajstić information content (AvgIpc) is 2.82. The summed E-state index contributed by atoms with van der Waals surface area (Å²) in [6.07, 6.45) is 0. The molecule has 0 saturated carbocycles. The van der Waals surface area contributed by atoms with Crippen LogP contribution in [-0.2, 0) is 6.54 Å². The quantitative estimate of drug-likeness (QED) is 0.856. The smallest absolute Gasteiger partial charge is 0.387 e. The molecule has 0 fully saturated rings. The number of hydrogen-bond donors (Lipinski definition) is 2. The summed E-state index contributed by atoms with van der Waals surface area (Å²) < 4.78 is 34.3. The van der Waals surface area contributed by atoms with E-state index in [2.05, 4.69) is 10.1 Å². The molecule has 20 heavy (non-hydrogen) atoms. The van der Waals surface area contributed by atoms with Crippen molar-refractivity contribution in [3.8, 4) is 11.5 Å². The molecular weight excluding hydrogens is 286 g/mol. The Kier molecular flexibility index (Phi) is 4.62. The third-order valence-electron chi connectivity index (χ3n) is 2.62. The minimum Gasteiger partial charge on any atom is -0.497 e. The molecule has 7 heteroatoms. The first-order valence-electron chi connectivity index (χ1n) is 5.78. The van der Waals surface area contributed by atoms with Gasteiger partial charge in [-0.1, -0.05) is 0 Å². The number of methoxy groups -OCH3 is 1. The largest absolute Gasteiger partial charge is 0.497 e. The van der Waals surface area contributed by atoms with Crippen LogP contribution in [0.1, 0.15) is 4.88 Å². The highest BCUT2D eigenvalue weighted by Crippen LogP contribution is 2.31. The number of rotatable bonds is 6. The van der Waals surface area contributed by atoms with Crippen molar-refractivity contribution >= 4 is 22.7 Å². The number of benzene rings is 1. The predicted molar refractivity (Wildman–Crippen MR) is 75.7 cm³/mol. The van der Waals surface area contributed by atoms with E-state index in [9.17, 15) is 8.78 Å². The molecule has 0 saturated heterocycles. The van der Waals surface area contributed by atoms with E-state index in [0.717, 1.165) is 4.88 Å². The van der Waals surface area contributed by atoms with E-state index in [0.29, 0.717) is 23.7 Å². The summed E-state index contributed by atoms with van der Waals surface area (Å²) in [5.74, 6) is 0.615. The molecule has 0 unspecified atom stereocenters. The van der Waals surface area contributed by atoms with Gasteiger partial charge in [0.05, 0.1) is 19.3 Å².